The molecule has 1 aliphatic rings. The predicted octanol–water partition coefficient (Wildman–Crippen LogP) is 3.59. The smallest absolute Gasteiger partial charge is 0.0450 e. The molecule has 0 saturated carbocycles. The first-order chi connectivity index (χ1) is 9.22. The monoisotopic (exact) mass is 260 g/mol. The molecule has 0 aliphatic carbocycles. The molecule has 1 fully saturated rings. The molecule has 0 radical (unpaired) electrons. The van der Waals surface area contributed by atoms with Gasteiger partial charge in [0.2, 0.25) is 0 Å². The van der Waals surface area contributed by atoms with Crippen molar-refractivity contribution in [2.45, 2.75) is 51.6 Å². The van der Waals surface area contributed by atoms with E-state index >= 15 is 0 Å². The number of rotatable bonds is 5. The van der Waals surface area contributed by atoms with Crippen molar-refractivity contribution in [2.75, 3.05) is 13.1 Å². The van der Waals surface area contributed by atoms with E-state index in [1.54, 1.807) is 0 Å². The first-order valence-electron chi connectivity index (χ1n) is 7.77. The lowest BCUT2D eigenvalue weighted by atomic mass is 9.90. The molecule has 1 saturated heterocycles. The minimum atomic E-state index is 0.129. The van der Waals surface area contributed by atoms with Gasteiger partial charge in [0.05, 0.1) is 0 Å². The van der Waals surface area contributed by atoms with Crippen LogP contribution in [0, 0.1) is 5.92 Å². The third-order valence-corrected chi connectivity index (χ3v) is 4.63. The van der Waals surface area contributed by atoms with Crippen LogP contribution in [-0.2, 0) is 0 Å². The largest absolute Gasteiger partial charge is 0.323 e. The average Bonchev–Trinajstić information content (AvgIpc) is 2.48. The van der Waals surface area contributed by atoms with Crippen LogP contribution in [0.2, 0.25) is 0 Å². The molecule has 0 aromatic heterocycles. The molecular weight excluding hydrogens is 232 g/mol. The number of nitrogens with two attached hydrogens (primary N) is 1. The zero-order chi connectivity index (χ0) is 13.7. The Morgan fingerprint density at radius 2 is 1.84 bits per heavy atom. The molecule has 19 heavy (non-hydrogen) atoms. The highest BCUT2D eigenvalue weighted by molar-refractivity contribution is 5.19. The Balaban J connectivity index is 1.89. The highest BCUT2D eigenvalue weighted by Gasteiger charge is 2.26. The number of nitrogens with zero attached hydrogens (tertiary/aromatic N) is 1. The summed E-state index contributed by atoms with van der Waals surface area (Å²) in [7, 11) is 0. The van der Waals surface area contributed by atoms with Crippen LogP contribution in [0.1, 0.15) is 51.1 Å². The lowest BCUT2D eigenvalue weighted by Gasteiger charge is -2.38. The zero-order valence-electron chi connectivity index (χ0n) is 12.4. The van der Waals surface area contributed by atoms with E-state index in [4.69, 9.17) is 5.73 Å². The van der Waals surface area contributed by atoms with Crippen molar-refractivity contribution in [3.05, 3.63) is 35.9 Å². The second-order valence-electron chi connectivity index (χ2n) is 5.95. The second-order valence-corrected chi connectivity index (χ2v) is 5.95. The van der Waals surface area contributed by atoms with E-state index in [1.807, 2.05) is 0 Å². The maximum absolute atomic E-state index is 6.42. The third-order valence-electron chi connectivity index (χ3n) is 4.63. The molecule has 2 unspecified atom stereocenters. The summed E-state index contributed by atoms with van der Waals surface area (Å²) in [5, 5.41) is 0. The number of piperidine rings is 1. The van der Waals surface area contributed by atoms with E-state index in [0.717, 1.165) is 5.92 Å². The van der Waals surface area contributed by atoms with E-state index in [1.165, 1.54) is 44.3 Å². The first-order valence-corrected chi connectivity index (χ1v) is 7.77. The van der Waals surface area contributed by atoms with Gasteiger partial charge >= 0.3 is 0 Å². The van der Waals surface area contributed by atoms with Crippen LogP contribution >= 0.6 is 0 Å². The molecule has 0 amide bonds. The van der Waals surface area contributed by atoms with Gasteiger partial charge in [-0.2, -0.15) is 0 Å². The second kappa shape index (κ2) is 7.06. The van der Waals surface area contributed by atoms with Crippen molar-refractivity contribution < 1.29 is 0 Å². The zero-order valence-corrected chi connectivity index (χ0v) is 12.4. The van der Waals surface area contributed by atoms with Crippen LogP contribution in [-0.4, -0.2) is 24.0 Å². The Hall–Kier alpha value is -0.860. The van der Waals surface area contributed by atoms with Gasteiger partial charge in [0.1, 0.15) is 0 Å². The Kier molecular flexibility index (Phi) is 5.41. The molecule has 0 spiro atoms. The van der Waals surface area contributed by atoms with Crippen molar-refractivity contribution in [2.24, 2.45) is 11.7 Å². The lowest BCUT2D eigenvalue weighted by molar-refractivity contribution is 0.122. The van der Waals surface area contributed by atoms with Crippen molar-refractivity contribution in [3.63, 3.8) is 0 Å². The summed E-state index contributed by atoms with van der Waals surface area (Å²) in [6.07, 6.45) is 5.41. The SMILES string of the molecule is CCCC1CCN(C(C)C(N)c2ccccc2)CC1. The molecule has 1 heterocycles. The highest BCUT2D eigenvalue weighted by atomic mass is 15.2. The maximum Gasteiger partial charge on any atom is 0.0450 e. The molecule has 1 aromatic carbocycles. The van der Waals surface area contributed by atoms with Crippen LogP contribution in [0.3, 0.4) is 0 Å². The van der Waals surface area contributed by atoms with Crippen LogP contribution < -0.4 is 5.73 Å². The fourth-order valence-electron chi connectivity index (χ4n) is 3.24. The molecule has 0 bridgehead atoms. The summed E-state index contributed by atoms with van der Waals surface area (Å²) in [6.45, 7) is 7.00. The van der Waals surface area contributed by atoms with Gasteiger partial charge in [-0.05, 0) is 44.3 Å². The standard InChI is InChI=1S/C17H28N2/c1-3-7-15-10-12-19(13-11-15)14(2)17(18)16-8-5-4-6-9-16/h4-6,8-9,14-15,17H,3,7,10-13,18H2,1-2H3. The predicted molar refractivity (Wildman–Crippen MR) is 82.0 cm³/mol. The molecule has 106 valence electrons. The Bertz CT molecular complexity index is 355. The van der Waals surface area contributed by atoms with Crippen molar-refractivity contribution in [1.29, 1.82) is 0 Å². The van der Waals surface area contributed by atoms with Gasteiger partial charge in [-0.3, -0.25) is 4.90 Å². The fourth-order valence-corrected chi connectivity index (χ4v) is 3.24. The minimum absolute atomic E-state index is 0.129. The summed E-state index contributed by atoms with van der Waals surface area (Å²) in [6, 6.07) is 11.1. The van der Waals surface area contributed by atoms with Crippen LogP contribution in [0.4, 0.5) is 0 Å². The Labute approximate surface area is 118 Å². The first kappa shape index (κ1) is 14.5. The van der Waals surface area contributed by atoms with E-state index in [0.29, 0.717) is 6.04 Å². The van der Waals surface area contributed by atoms with Gasteiger partial charge in [0.15, 0.2) is 0 Å². The van der Waals surface area contributed by atoms with E-state index in [-0.39, 0.29) is 6.04 Å². The fraction of sp³-hybridized carbons (Fsp3) is 0.647. The molecule has 2 heteroatoms. The Morgan fingerprint density at radius 3 is 2.42 bits per heavy atom. The normalized spacial score (nSPS) is 21.2. The van der Waals surface area contributed by atoms with Crippen molar-refractivity contribution >= 4 is 0 Å². The topological polar surface area (TPSA) is 29.3 Å². The minimum Gasteiger partial charge on any atom is -0.323 e. The van der Waals surface area contributed by atoms with Gasteiger partial charge in [0, 0.05) is 12.1 Å². The highest BCUT2D eigenvalue weighted by Crippen LogP contribution is 2.26. The molecular formula is C17H28N2. The van der Waals surface area contributed by atoms with Gasteiger partial charge in [0.25, 0.3) is 0 Å². The van der Waals surface area contributed by atoms with E-state index < -0.39 is 0 Å². The van der Waals surface area contributed by atoms with Gasteiger partial charge in [-0.1, -0.05) is 50.1 Å². The number of likely N-dealkylation sites (tertiary alicyclic amines) is 1. The van der Waals surface area contributed by atoms with Gasteiger partial charge in [-0.25, -0.2) is 0 Å². The van der Waals surface area contributed by atoms with Crippen LogP contribution in [0.5, 0.6) is 0 Å². The van der Waals surface area contributed by atoms with E-state index in [9.17, 15) is 0 Å². The van der Waals surface area contributed by atoms with Crippen molar-refractivity contribution in [3.8, 4) is 0 Å². The summed E-state index contributed by atoms with van der Waals surface area (Å²) in [5.74, 6) is 0.946. The quantitative estimate of drug-likeness (QED) is 0.876. The average molecular weight is 260 g/mol. The summed E-state index contributed by atoms with van der Waals surface area (Å²) in [4.78, 5) is 2.57. The van der Waals surface area contributed by atoms with Crippen molar-refractivity contribution in [1.82, 2.24) is 4.90 Å². The lowest BCUT2D eigenvalue weighted by Crippen LogP contribution is -2.45. The van der Waals surface area contributed by atoms with Crippen LogP contribution in [0.15, 0.2) is 30.3 Å². The molecule has 2 rings (SSSR count). The maximum atomic E-state index is 6.42. The summed E-state index contributed by atoms with van der Waals surface area (Å²) >= 11 is 0. The molecule has 1 aliphatic heterocycles. The summed E-state index contributed by atoms with van der Waals surface area (Å²) < 4.78 is 0. The number of benzene rings is 1. The van der Waals surface area contributed by atoms with Gasteiger partial charge < -0.3 is 5.73 Å². The Morgan fingerprint density at radius 1 is 1.21 bits per heavy atom. The molecule has 1 aromatic rings. The molecule has 2 N–H and O–H groups in total. The summed E-state index contributed by atoms with van der Waals surface area (Å²) in [5.41, 5.74) is 7.68. The van der Waals surface area contributed by atoms with Gasteiger partial charge in [-0.15, -0.1) is 0 Å². The molecule has 2 atom stereocenters. The molecule has 2 nitrogen and oxygen atoms in total. The third kappa shape index (κ3) is 3.80. The number of hydrogen-bond acceptors (Lipinski definition) is 2. The van der Waals surface area contributed by atoms with Crippen LogP contribution in [0.25, 0.3) is 0 Å². The number of hydrogen-bond donors (Lipinski definition) is 1. The van der Waals surface area contributed by atoms with E-state index in [2.05, 4.69) is 49.1 Å².